The fourth-order valence-corrected chi connectivity index (χ4v) is 4.58. The Morgan fingerprint density at radius 1 is 1.47 bits per heavy atom. The molecule has 2 N–H and O–H groups in total. The maximum absolute atomic E-state index is 11.7. The summed E-state index contributed by atoms with van der Waals surface area (Å²) in [4.78, 5) is 31.3. The molecule has 1 rings (SSSR count). The van der Waals surface area contributed by atoms with Crippen LogP contribution < -0.4 is 0 Å². The largest absolute Gasteiger partial charge is 0.466 e. The highest BCUT2D eigenvalue weighted by Gasteiger charge is 2.35. The molecule has 0 aliphatic carbocycles. The summed E-state index contributed by atoms with van der Waals surface area (Å²) >= 11 is 1.39. The zero-order chi connectivity index (χ0) is 14.5. The number of esters is 1. The van der Waals surface area contributed by atoms with Gasteiger partial charge in [-0.2, -0.15) is 0 Å². The summed E-state index contributed by atoms with van der Waals surface area (Å²) in [5, 5.41) is 0.134. The molecule has 0 saturated heterocycles. The SMILES string of the molecule is CCCCC1=C(P(=O)(O)O)C[C@H](C(=O)OCC)CS1. The van der Waals surface area contributed by atoms with E-state index in [2.05, 4.69) is 0 Å². The Labute approximate surface area is 118 Å². The van der Waals surface area contributed by atoms with Gasteiger partial charge in [-0.15, -0.1) is 11.8 Å². The van der Waals surface area contributed by atoms with Crippen molar-refractivity contribution in [3.05, 3.63) is 10.2 Å². The van der Waals surface area contributed by atoms with E-state index in [0.29, 0.717) is 12.2 Å². The van der Waals surface area contributed by atoms with Gasteiger partial charge in [0.05, 0.1) is 17.8 Å². The summed E-state index contributed by atoms with van der Waals surface area (Å²) in [6, 6.07) is 0. The number of hydrogen-bond donors (Lipinski definition) is 2. The minimum absolute atomic E-state index is 0.120. The third kappa shape index (κ3) is 4.95. The first-order valence-electron chi connectivity index (χ1n) is 6.47. The summed E-state index contributed by atoms with van der Waals surface area (Å²) in [7, 11) is -4.28. The second-order valence-electron chi connectivity index (χ2n) is 4.48. The highest BCUT2D eigenvalue weighted by Crippen LogP contribution is 2.55. The normalized spacial score (nSPS) is 20.5. The van der Waals surface area contributed by atoms with Crippen LogP contribution in [0.15, 0.2) is 10.2 Å². The maximum atomic E-state index is 11.7. The first-order chi connectivity index (χ1) is 8.90. The molecule has 0 saturated carbocycles. The van der Waals surface area contributed by atoms with Gasteiger partial charge in [-0.05, 0) is 31.1 Å². The summed E-state index contributed by atoms with van der Waals surface area (Å²) < 4.78 is 16.5. The number of carbonyl (C=O) groups excluding carboxylic acids is 1. The number of ether oxygens (including phenoxy) is 1. The van der Waals surface area contributed by atoms with Gasteiger partial charge in [-0.3, -0.25) is 9.36 Å². The lowest BCUT2D eigenvalue weighted by Crippen LogP contribution is -2.23. The van der Waals surface area contributed by atoms with Gasteiger partial charge in [0.15, 0.2) is 0 Å². The van der Waals surface area contributed by atoms with Crippen molar-refractivity contribution in [1.82, 2.24) is 0 Å². The van der Waals surface area contributed by atoms with Crippen LogP contribution in [0.4, 0.5) is 0 Å². The molecule has 0 fully saturated rings. The Morgan fingerprint density at radius 2 is 2.16 bits per heavy atom. The molecule has 1 heterocycles. The van der Waals surface area contributed by atoms with Gasteiger partial charge >= 0.3 is 13.6 Å². The first-order valence-corrected chi connectivity index (χ1v) is 9.07. The lowest BCUT2D eigenvalue weighted by Gasteiger charge is -2.26. The topological polar surface area (TPSA) is 83.8 Å². The van der Waals surface area contributed by atoms with Gasteiger partial charge in [0.1, 0.15) is 0 Å². The van der Waals surface area contributed by atoms with Crippen LogP contribution in [0.2, 0.25) is 0 Å². The average molecular weight is 308 g/mol. The summed E-state index contributed by atoms with van der Waals surface area (Å²) in [5.41, 5.74) is 0. The van der Waals surface area contributed by atoms with Crippen molar-refractivity contribution in [2.24, 2.45) is 5.92 Å². The smallest absolute Gasteiger partial charge is 0.353 e. The molecular weight excluding hydrogens is 287 g/mol. The van der Waals surface area contributed by atoms with Gasteiger partial charge in [-0.1, -0.05) is 13.3 Å². The molecule has 1 atom stereocenters. The van der Waals surface area contributed by atoms with Crippen molar-refractivity contribution >= 4 is 25.3 Å². The second-order valence-corrected chi connectivity index (χ2v) is 7.22. The summed E-state index contributed by atoms with van der Waals surface area (Å²) in [5.74, 6) is -0.269. The predicted molar refractivity (Wildman–Crippen MR) is 75.8 cm³/mol. The van der Waals surface area contributed by atoms with E-state index in [9.17, 15) is 19.1 Å². The molecule has 1 aliphatic rings. The van der Waals surface area contributed by atoms with Gasteiger partial charge in [0.25, 0.3) is 0 Å². The number of carbonyl (C=O) groups is 1. The fraction of sp³-hybridized carbons (Fsp3) is 0.750. The van der Waals surface area contributed by atoms with E-state index in [1.54, 1.807) is 6.92 Å². The highest BCUT2D eigenvalue weighted by molar-refractivity contribution is 8.03. The molecule has 0 aromatic heterocycles. The minimum atomic E-state index is -4.28. The van der Waals surface area contributed by atoms with Gasteiger partial charge < -0.3 is 14.5 Å². The lowest BCUT2D eigenvalue weighted by atomic mass is 10.1. The molecule has 7 heteroatoms. The minimum Gasteiger partial charge on any atom is -0.466 e. The quantitative estimate of drug-likeness (QED) is 0.580. The third-order valence-corrected chi connectivity index (χ3v) is 5.62. The van der Waals surface area contributed by atoms with Crippen LogP contribution in [0.25, 0.3) is 0 Å². The predicted octanol–water partition coefficient (Wildman–Crippen LogP) is 2.88. The van der Waals surface area contributed by atoms with Gasteiger partial charge in [0, 0.05) is 5.75 Å². The molecule has 1 aliphatic heterocycles. The van der Waals surface area contributed by atoms with Crippen molar-refractivity contribution in [2.75, 3.05) is 12.4 Å². The molecule has 0 aromatic rings. The lowest BCUT2D eigenvalue weighted by molar-refractivity contribution is -0.147. The zero-order valence-corrected chi connectivity index (χ0v) is 13.0. The van der Waals surface area contributed by atoms with E-state index in [0.717, 1.165) is 17.7 Å². The van der Waals surface area contributed by atoms with Crippen LogP contribution in [0, 0.1) is 5.92 Å². The third-order valence-electron chi connectivity index (χ3n) is 2.95. The van der Waals surface area contributed by atoms with E-state index in [1.807, 2.05) is 6.92 Å². The average Bonchev–Trinajstić information content (AvgIpc) is 2.35. The van der Waals surface area contributed by atoms with Crippen molar-refractivity contribution < 1.29 is 23.9 Å². The van der Waals surface area contributed by atoms with E-state index in [1.165, 1.54) is 11.8 Å². The highest BCUT2D eigenvalue weighted by atomic mass is 32.2. The number of unbranched alkanes of at least 4 members (excludes halogenated alkanes) is 1. The Hall–Kier alpha value is -0.290. The van der Waals surface area contributed by atoms with Crippen LogP contribution in [0.5, 0.6) is 0 Å². The number of rotatable bonds is 6. The van der Waals surface area contributed by atoms with Crippen LogP contribution >= 0.6 is 19.4 Å². The molecule has 19 heavy (non-hydrogen) atoms. The molecule has 5 nitrogen and oxygen atoms in total. The Balaban J connectivity index is 2.87. The van der Waals surface area contributed by atoms with Crippen LogP contribution in [0.1, 0.15) is 39.5 Å². The van der Waals surface area contributed by atoms with Crippen LogP contribution in [-0.4, -0.2) is 28.1 Å². The van der Waals surface area contributed by atoms with E-state index in [-0.39, 0.29) is 24.3 Å². The van der Waals surface area contributed by atoms with Gasteiger partial charge in [0.2, 0.25) is 0 Å². The van der Waals surface area contributed by atoms with Crippen molar-refractivity contribution in [3.8, 4) is 0 Å². The fourth-order valence-electron chi connectivity index (χ4n) is 1.94. The Morgan fingerprint density at radius 3 is 2.68 bits per heavy atom. The molecule has 0 radical (unpaired) electrons. The van der Waals surface area contributed by atoms with Crippen molar-refractivity contribution in [2.45, 2.75) is 39.5 Å². The number of hydrogen-bond acceptors (Lipinski definition) is 4. The maximum Gasteiger partial charge on any atom is 0.353 e. The van der Waals surface area contributed by atoms with E-state index in [4.69, 9.17) is 4.74 Å². The summed E-state index contributed by atoms with van der Waals surface area (Å²) in [6.07, 6.45) is 2.67. The monoisotopic (exact) mass is 308 g/mol. The Kier molecular flexibility index (Phi) is 6.60. The molecule has 0 spiro atoms. The van der Waals surface area contributed by atoms with E-state index >= 15 is 0 Å². The van der Waals surface area contributed by atoms with Crippen LogP contribution in [0.3, 0.4) is 0 Å². The molecular formula is C12H21O5PS. The van der Waals surface area contributed by atoms with Crippen molar-refractivity contribution in [3.63, 3.8) is 0 Å². The van der Waals surface area contributed by atoms with Crippen molar-refractivity contribution in [1.29, 1.82) is 0 Å². The first kappa shape index (κ1) is 16.8. The van der Waals surface area contributed by atoms with Crippen LogP contribution in [-0.2, 0) is 14.1 Å². The molecule has 110 valence electrons. The molecule has 0 bridgehead atoms. The zero-order valence-electron chi connectivity index (χ0n) is 11.3. The number of thioether (sulfide) groups is 1. The van der Waals surface area contributed by atoms with E-state index < -0.39 is 13.5 Å². The second kappa shape index (κ2) is 7.48. The molecule has 0 amide bonds. The number of allylic oxidation sites excluding steroid dienone is 2. The standard InChI is InChI=1S/C12H21O5PS/c1-3-5-6-11-10(18(14,15)16)7-9(8-19-11)12(13)17-4-2/h9H,3-8H2,1-2H3,(H2,14,15,16)/t9-/m0/s1. The summed E-state index contributed by atoms with van der Waals surface area (Å²) in [6.45, 7) is 4.05. The van der Waals surface area contributed by atoms with Gasteiger partial charge in [-0.25, -0.2) is 0 Å². The molecule has 0 aromatic carbocycles. The molecule has 0 unspecified atom stereocenters. The Bertz CT molecular complexity index is 401.